The minimum absolute atomic E-state index is 0.0230. The molecule has 0 radical (unpaired) electrons. The molecule has 5 nitrogen and oxygen atoms in total. The van der Waals surface area contributed by atoms with Crippen molar-refractivity contribution in [3.63, 3.8) is 0 Å². The van der Waals surface area contributed by atoms with Crippen molar-refractivity contribution in [2.75, 3.05) is 33.0 Å². The normalized spacial score (nSPS) is 12.5. The van der Waals surface area contributed by atoms with E-state index in [1.165, 1.54) is 0 Å². The van der Waals surface area contributed by atoms with Gasteiger partial charge in [-0.3, -0.25) is 4.79 Å². The molecule has 0 bridgehead atoms. The molecule has 3 N–H and O–H groups in total. The average Bonchev–Trinajstić information content (AvgIpc) is 2.36. The summed E-state index contributed by atoms with van der Waals surface area (Å²) in [5.41, 5.74) is 6.29. The molecule has 1 atom stereocenters. The molecule has 1 aromatic rings. The zero-order valence-electron chi connectivity index (χ0n) is 12.7. The number of nitrogens with zero attached hydrogens (tertiary/aromatic N) is 1. The Bertz CT molecular complexity index is 433. The highest BCUT2D eigenvalue weighted by molar-refractivity contribution is 5.78. The van der Waals surface area contributed by atoms with Crippen LogP contribution in [0, 0.1) is 5.92 Å². The van der Waals surface area contributed by atoms with Gasteiger partial charge in [0.2, 0.25) is 0 Å². The summed E-state index contributed by atoms with van der Waals surface area (Å²) in [5.74, 6) is 0.772. The number of ether oxygens (including phenoxy) is 1. The lowest BCUT2D eigenvalue weighted by molar-refractivity contribution is -0.124. The van der Waals surface area contributed by atoms with E-state index in [4.69, 9.17) is 10.5 Å². The van der Waals surface area contributed by atoms with E-state index in [1.807, 2.05) is 26.2 Å². The van der Waals surface area contributed by atoms with E-state index in [-0.39, 0.29) is 18.6 Å². The SMILES string of the molecule is CC(C)C(CN(C)C)NC(=O)COc1ccccc1N. The summed E-state index contributed by atoms with van der Waals surface area (Å²) in [6.45, 7) is 4.96. The molecular weight excluding hydrogens is 254 g/mol. The van der Waals surface area contributed by atoms with Gasteiger partial charge >= 0.3 is 0 Å². The molecule has 1 amide bonds. The van der Waals surface area contributed by atoms with Crippen LogP contribution in [0.4, 0.5) is 5.69 Å². The lowest BCUT2D eigenvalue weighted by atomic mass is 10.0. The van der Waals surface area contributed by atoms with Crippen LogP contribution in [0.3, 0.4) is 0 Å². The van der Waals surface area contributed by atoms with Crippen molar-refractivity contribution >= 4 is 11.6 Å². The molecular formula is C15H25N3O2. The molecule has 0 fully saturated rings. The maximum Gasteiger partial charge on any atom is 0.258 e. The largest absolute Gasteiger partial charge is 0.482 e. The number of benzene rings is 1. The minimum atomic E-state index is -0.131. The second-order valence-electron chi connectivity index (χ2n) is 5.51. The first kappa shape index (κ1) is 16.3. The Labute approximate surface area is 121 Å². The zero-order valence-corrected chi connectivity index (χ0v) is 12.7. The average molecular weight is 279 g/mol. The van der Waals surface area contributed by atoms with E-state index in [1.54, 1.807) is 12.1 Å². The third kappa shape index (κ3) is 5.48. The second-order valence-corrected chi connectivity index (χ2v) is 5.51. The van der Waals surface area contributed by atoms with Crippen LogP contribution in [0.15, 0.2) is 24.3 Å². The topological polar surface area (TPSA) is 67.6 Å². The van der Waals surface area contributed by atoms with Crippen LogP contribution in [-0.2, 0) is 4.79 Å². The molecule has 0 heterocycles. The standard InChI is InChI=1S/C15H25N3O2/c1-11(2)13(9-18(3)4)17-15(19)10-20-14-8-6-5-7-12(14)16/h5-8,11,13H,9-10,16H2,1-4H3,(H,17,19). The maximum absolute atomic E-state index is 11.9. The number of hydrogen-bond acceptors (Lipinski definition) is 4. The Morgan fingerprint density at radius 3 is 2.55 bits per heavy atom. The van der Waals surface area contributed by atoms with Crippen molar-refractivity contribution in [3.05, 3.63) is 24.3 Å². The molecule has 0 aliphatic heterocycles. The van der Waals surface area contributed by atoms with Crippen LogP contribution in [0.2, 0.25) is 0 Å². The van der Waals surface area contributed by atoms with Crippen molar-refractivity contribution in [1.82, 2.24) is 10.2 Å². The number of amides is 1. The van der Waals surface area contributed by atoms with E-state index in [0.717, 1.165) is 6.54 Å². The minimum Gasteiger partial charge on any atom is -0.482 e. The van der Waals surface area contributed by atoms with Crippen LogP contribution < -0.4 is 15.8 Å². The maximum atomic E-state index is 11.9. The molecule has 20 heavy (non-hydrogen) atoms. The fourth-order valence-electron chi connectivity index (χ4n) is 1.82. The highest BCUT2D eigenvalue weighted by atomic mass is 16.5. The first-order valence-corrected chi connectivity index (χ1v) is 6.81. The van der Waals surface area contributed by atoms with Gasteiger partial charge in [-0.25, -0.2) is 0 Å². The predicted octanol–water partition coefficient (Wildman–Crippen LogP) is 1.35. The van der Waals surface area contributed by atoms with Crippen molar-refractivity contribution in [2.45, 2.75) is 19.9 Å². The molecule has 0 saturated heterocycles. The molecule has 1 aromatic carbocycles. The summed E-state index contributed by atoms with van der Waals surface area (Å²) >= 11 is 0. The molecule has 5 heteroatoms. The zero-order chi connectivity index (χ0) is 15.1. The Morgan fingerprint density at radius 1 is 1.35 bits per heavy atom. The number of para-hydroxylation sites is 2. The molecule has 1 unspecified atom stereocenters. The van der Waals surface area contributed by atoms with Crippen LogP contribution in [-0.4, -0.2) is 44.1 Å². The van der Waals surface area contributed by atoms with Gasteiger partial charge in [0.15, 0.2) is 6.61 Å². The van der Waals surface area contributed by atoms with E-state index < -0.39 is 0 Å². The van der Waals surface area contributed by atoms with Crippen molar-refractivity contribution < 1.29 is 9.53 Å². The summed E-state index contributed by atoms with van der Waals surface area (Å²) < 4.78 is 5.43. The van der Waals surface area contributed by atoms with Gasteiger partial charge in [0.05, 0.1) is 5.69 Å². The number of rotatable bonds is 7. The fraction of sp³-hybridized carbons (Fsp3) is 0.533. The quantitative estimate of drug-likeness (QED) is 0.739. The molecule has 0 aliphatic rings. The molecule has 0 saturated carbocycles. The van der Waals surface area contributed by atoms with Crippen molar-refractivity contribution in [3.8, 4) is 5.75 Å². The second kappa shape index (κ2) is 7.75. The van der Waals surface area contributed by atoms with Crippen LogP contribution in [0.5, 0.6) is 5.75 Å². The van der Waals surface area contributed by atoms with Crippen molar-refractivity contribution in [1.29, 1.82) is 0 Å². The van der Waals surface area contributed by atoms with Gasteiger partial charge in [-0.2, -0.15) is 0 Å². The highest BCUT2D eigenvalue weighted by Gasteiger charge is 2.17. The van der Waals surface area contributed by atoms with E-state index >= 15 is 0 Å². The first-order valence-electron chi connectivity index (χ1n) is 6.81. The third-order valence-electron chi connectivity index (χ3n) is 2.99. The molecule has 0 aromatic heterocycles. The van der Waals surface area contributed by atoms with Gasteiger partial charge in [0.1, 0.15) is 5.75 Å². The van der Waals surface area contributed by atoms with Gasteiger partial charge in [-0.15, -0.1) is 0 Å². The lowest BCUT2D eigenvalue weighted by Crippen LogP contribution is -2.46. The van der Waals surface area contributed by atoms with Crippen LogP contribution in [0.1, 0.15) is 13.8 Å². The number of hydrogen-bond donors (Lipinski definition) is 2. The van der Waals surface area contributed by atoms with Gasteiger partial charge in [-0.05, 0) is 32.1 Å². The number of anilines is 1. The van der Waals surface area contributed by atoms with Crippen LogP contribution >= 0.6 is 0 Å². The number of nitrogens with two attached hydrogens (primary N) is 1. The third-order valence-corrected chi connectivity index (χ3v) is 2.99. The summed E-state index contributed by atoms with van der Waals surface area (Å²) in [6, 6.07) is 7.26. The first-order chi connectivity index (χ1) is 9.40. The Morgan fingerprint density at radius 2 is 2.00 bits per heavy atom. The van der Waals surface area contributed by atoms with E-state index in [9.17, 15) is 4.79 Å². The summed E-state index contributed by atoms with van der Waals surface area (Å²) in [5, 5.41) is 2.99. The summed E-state index contributed by atoms with van der Waals surface area (Å²) in [7, 11) is 3.98. The molecule has 0 spiro atoms. The monoisotopic (exact) mass is 279 g/mol. The molecule has 1 rings (SSSR count). The Hall–Kier alpha value is -1.75. The lowest BCUT2D eigenvalue weighted by Gasteiger charge is -2.25. The van der Waals surface area contributed by atoms with Gasteiger partial charge < -0.3 is 20.7 Å². The predicted molar refractivity (Wildman–Crippen MR) is 81.7 cm³/mol. The van der Waals surface area contributed by atoms with Crippen molar-refractivity contribution in [2.24, 2.45) is 5.92 Å². The van der Waals surface area contributed by atoms with Crippen LogP contribution in [0.25, 0.3) is 0 Å². The molecule has 112 valence electrons. The van der Waals surface area contributed by atoms with E-state index in [0.29, 0.717) is 17.4 Å². The Kier molecular flexibility index (Phi) is 6.31. The smallest absolute Gasteiger partial charge is 0.258 e. The van der Waals surface area contributed by atoms with Gasteiger partial charge in [-0.1, -0.05) is 26.0 Å². The summed E-state index contributed by atoms with van der Waals surface area (Å²) in [6.07, 6.45) is 0. The van der Waals surface area contributed by atoms with Gasteiger partial charge in [0.25, 0.3) is 5.91 Å². The number of nitrogens with one attached hydrogen (secondary N) is 1. The number of carbonyl (C=O) groups is 1. The summed E-state index contributed by atoms with van der Waals surface area (Å²) in [4.78, 5) is 14.0. The fourth-order valence-corrected chi connectivity index (χ4v) is 1.82. The number of nitrogen functional groups attached to an aromatic ring is 1. The van der Waals surface area contributed by atoms with E-state index in [2.05, 4.69) is 24.1 Å². The van der Waals surface area contributed by atoms with Gasteiger partial charge in [0, 0.05) is 12.6 Å². The number of likely N-dealkylation sites (N-methyl/N-ethyl adjacent to an activating group) is 1. The highest BCUT2D eigenvalue weighted by Crippen LogP contribution is 2.19. The number of carbonyl (C=O) groups excluding carboxylic acids is 1. The molecule has 0 aliphatic carbocycles. The Balaban J connectivity index is 2.48.